The number of rotatable bonds is 8. The van der Waals surface area contributed by atoms with Gasteiger partial charge in [-0.15, -0.1) is 11.3 Å². The summed E-state index contributed by atoms with van der Waals surface area (Å²) in [6.45, 7) is 8.56. The molecule has 2 unspecified atom stereocenters. The van der Waals surface area contributed by atoms with Crippen LogP contribution in [0.1, 0.15) is 25.1 Å². The first-order valence-electron chi connectivity index (χ1n) is 7.75. The Morgan fingerprint density at radius 2 is 2.38 bits per heavy atom. The minimum absolute atomic E-state index is 0.393. The van der Waals surface area contributed by atoms with Crippen molar-refractivity contribution in [3.05, 3.63) is 22.4 Å². The van der Waals surface area contributed by atoms with Crippen LogP contribution in [0.3, 0.4) is 0 Å². The highest BCUT2D eigenvalue weighted by Crippen LogP contribution is 2.16. The summed E-state index contributed by atoms with van der Waals surface area (Å²) in [5.41, 5.74) is 0. The molecule has 0 radical (unpaired) electrons. The molecule has 1 N–H and O–H groups in total. The lowest BCUT2D eigenvalue weighted by Crippen LogP contribution is -2.49. The molecule has 1 saturated heterocycles. The Labute approximate surface area is 131 Å². The lowest BCUT2D eigenvalue weighted by molar-refractivity contribution is -0.0489. The summed E-state index contributed by atoms with van der Waals surface area (Å²) in [4.78, 5) is 3.55. The molecule has 120 valence electrons. The van der Waals surface area contributed by atoms with Gasteiger partial charge in [0.1, 0.15) is 0 Å². The first kappa shape index (κ1) is 16.9. The van der Waals surface area contributed by atoms with E-state index in [2.05, 4.69) is 24.8 Å². The molecule has 0 aromatic carbocycles. The molecule has 1 aliphatic rings. The van der Waals surface area contributed by atoms with Gasteiger partial charge < -0.3 is 14.6 Å². The lowest BCUT2D eigenvalue weighted by atomic mass is 10.0. The van der Waals surface area contributed by atoms with Gasteiger partial charge in [-0.1, -0.05) is 19.9 Å². The Hall–Kier alpha value is -0.460. The largest absolute Gasteiger partial charge is 0.389 e. The average Bonchev–Trinajstić information content (AvgIpc) is 2.93. The molecule has 0 amide bonds. The zero-order valence-corrected chi connectivity index (χ0v) is 13.8. The fourth-order valence-electron chi connectivity index (χ4n) is 2.70. The topological polar surface area (TPSA) is 41.9 Å². The van der Waals surface area contributed by atoms with Crippen LogP contribution < -0.4 is 0 Å². The van der Waals surface area contributed by atoms with Crippen LogP contribution in [0.4, 0.5) is 0 Å². The van der Waals surface area contributed by atoms with Gasteiger partial charge >= 0.3 is 0 Å². The molecule has 1 aromatic heterocycles. The van der Waals surface area contributed by atoms with Crippen molar-refractivity contribution >= 4 is 11.3 Å². The Morgan fingerprint density at radius 3 is 3.10 bits per heavy atom. The van der Waals surface area contributed by atoms with E-state index in [-0.39, 0.29) is 0 Å². The van der Waals surface area contributed by atoms with Crippen LogP contribution in [-0.2, 0) is 16.1 Å². The number of hydrogen-bond acceptors (Lipinski definition) is 5. The van der Waals surface area contributed by atoms with Gasteiger partial charge in [0.25, 0.3) is 0 Å². The Morgan fingerprint density at radius 1 is 1.52 bits per heavy atom. The van der Waals surface area contributed by atoms with Gasteiger partial charge in [-0.05, 0) is 23.8 Å². The quantitative estimate of drug-likeness (QED) is 0.800. The Balaban J connectivity index is 1.70. The maximum Gasteiger partial charge on any atom is 0.0900 e. The van der Waals surface area contributed by atoms with Gasteiger partial charge in [-0.3, -0.25) is 4.90 Å². The molecule has 5 heteroatoms. The van der Waals surface area contributed by atoms with Crippen molar-refractivity contribution in [3.8, 4) is 0 Å². The molecule has 4 nitrogen and oxygen atoms in total. The average molecular weight is 313 g/mol. The van der Waals surface area contributed by atoms with Gasteiger partial charge in [-0.2, -0.15) is 0 Å². The fourth-order valence-corrected chi connectivity index (χ4v) is 3.34. The van der Waals surface area contributed by atoms with E-state index in [4.69, 9.17) is 9.47 Å². The van der Waals surface area contributed by atoms with Crippen LogP contribution in [0.25, 0.3) is 0 Å². The van der Waals surface area contributed by atoms with E-state index in [0.29, 0.717) is 31.7 Å². The van der Waals surface area contributed by atoms with Crippen LogP contribution in [0.2, 0.25) is 0 Å². The highest BCUT2D eigenvalue weighted by atomic mass is 32.1. The van der Waals surface area contributed by atoms with Crippen molar-refractivity contribution < 1.29 is 14.6 Å². The predicted molar refractivity (Wildman–Crippen MR) is 85.6 cm³/mol. The highest BCUT2D eigenvalue weighted by Gasteiger charge is 2.25. The molecule has 2 rings (SSSR count). The number of hydrogen-bond donors (Lipinski definition) is 1. The second-order valence-electron chi connectivity index (χ2n) is 6.10. The minimum atomic E-state index is -0.433. The van der Waals surface area contributed by atoms with E-state index in [9.17, 15) is 5.11 Å². The second-order valence-corrected chi connectivity index (χ2v) is 7.13. The predicted octanol–water partition coefficient (Wildman–Crippen LogP) is 2.37. The second kappa shape index (κ2) is 8.86. The zero-order valence-electron chi connectivity index (χ0n) is 13.0. The van der Waals surface area contributed by atoms with Crippen LogP contribution in [0, 0.1) is 5.92 Å². The lowest BCUT2D eigenvalue weighted by Gasteiger charge is -2.37. The number of morpholine rings is 1. The molecular weight excluding hydrogens is 286 g/mol. The smallest absolute Gasteiger partial charge is 0.0900 e. The number of thiophene rings is 1. The van der Waals surface area contributed by atoms with Gasteiger partial charge in [-0.25, -0.2) is 0 Å². The van der Waals surface area contributed by atoms with E-state index in [1.807, 2.05) is 11.4 Å². The van der Waals surface area contributed by atoms with Gasteiger partial charge in [0.05, 0.1) is 32.5 Å². The summed E-state index contributed by atoms with van der Waals surface area (Å²) in [5, 5.41) is 12.2. The Kier molecular flexibility index (Phi) is 7.13. The van der Waals surface area contributed by atoms with Crippen LogP contribution in [-0.4, -0.2) is 55.1 Å². The maximum atomic E-state index is 10.2. The third kappa shape index (κ3) is 6.04. The number of ether oxygens (including phenoxy) is 2. The van der Waals surface area contributed by atoms with Crippen molar-refractivity contribution in [1.82, 2.24) is 4.90 Å². The van der Waals surface area contributed by atoms with Crippen molar-refractivity contribution in [2.24, 2.45) is 5.92 Å². The maximum absolute atomic E-state index is 10.2. The van der Waals surface area contributed by atoms with Gasteiger partial charge in [0.15, 0.2) is 0 Å². The SMILES string of the molecule is CC(C)CC1COCCN1CC(O)COCc1cccs1. The van der Waals surface area contributed by atoms with E-state index in [0.717, 1.165) is 26.2 Å². The van der Waals surface area contributed by atoms with Gasteiger partial charge in [0, 0.05) is 24.0 Å². The number of aliphatic hydroxyl groups is 1. The van der Waals surface area contributed by atoms with E-state index in [1.165, 1.54) is 4.88 Å². The summed E-state index contributed by atoms with van der Waals surface area (Å²) in [5.74, 6) is 0.645. The third-order valence-electron chi connectivity index (χ3n) is 3.67. The monoisotopic (exact) mass is 313 g/mol. The standard InChI is InChI=1S/C16H27NO3S/c1-13(2)8-14-10-19-6-5-17(14)9-15(18)11-20-12-16-4-3-7-21-16/h3-4,7,13-15,18H,5-6,8-12H2,1-2H3. The normalized spacial score (nSPS) is 21.8. The van der Waals surface area contributed by atoms with Crippen LogP contribution >= 0.6 is 11.3 Å². The Bertz CT molecular complexity index is 383. The third-order valence-corrected chi connectivity index (χ3v) is 4.52. The molecule has 2 atom stereocenters. The molecule has 21 heavy (non-hydrogen) atoms. The summed E-state index contributed by atoms with van der Waals surface area (Å²) in [6.07, 6.45) is 0.681. The van der Waals surface area contributed by atoms with E-state index >= 15 is 0 Å². The first-order valence-corrected chi connectivity index (χ1v) is 8.63. The molecular formula is C16H27NO3S. The number of nitrogens with zero attached hydrogens (tertiary/aromatic N) is 1. The van der Waals surface area contributed by atoms with Crippen molar-refractivity contribution in [2.45, 2.75) is 39.0 Å². The molecule has 0 spiro atoms. The summed E-state index contributed by atoms with van der Waals surface area (Å²) < 4.78 is 11.2. The summed E-state index contributed by atoms with van der Waals surface area (Å²) in [7, 11) is 0. The van der Waals surface area contributed by atoms with Crippen molar-refractivity contribution in [1.29, 1.82) is 0 Å². The van der Waals surface area contributed by atoms with Crippen LogP contribution in [0.15, 0.2) is 17.5 Å². The minimum Gasteiger partial charge on any atom is -0.389 e. The molecule has 1 aliphatic heterocycles. The molecule has 1 fully saturated rings. The fraction of sp³-hybridized carbons (Fsp3) is 0.750. The number of β-amino-alcohol motifs (C(OH)–C–C–N with tert-alkyl or cyclic N) is 1. The van der Waals surface area contributed by atoms with E-state index < -0.39 is 6.10 Å². The summed E-state index contributed by atoms with van der Waals surface area (Å²) in [6, 6.07) is 4.49. The zero-order chi connectivity index (χ0) is 15.1. The molecule has 2 heterocycles. The van der Waals surface area contributed by atoms with Gasteiger partial charge in [0.2, 0.25) is 0 Å². The molecule has 0 saturated carbocycles. The highest BCUT2D eigenvalue weighted by molar-refractivity contribution is 7.09. The van der Waals surface area contributed by atoms with Crippen molar-refractivity contribution in [2.75, 3.05) is 32.9 Å². The van der Waals surface area contributed by atoms with Crippen LogP contribution in [0.5, 0.6) is 0 Å². The molecule has 1 aromatic rings. The summed E-state index contributed by atoms with van der Waals surface area (Å²) >= 11 is 1.68. The van der Waals surface area contributed by atoms with Crippen molar-refractivity contribution in [3.63, 3.8) is 0 Å². The number of aliphatic hydroxyl groups excluding tert-OH is 1. The van der Waals surface area contributed by atoms with E-state index in [1.54, 1.807) is 11.3 Å². The molecule has 0 aliphatic carbocycles. The first-order chi connectivity index (χ1) is 10.1. The molecule has 0 bridgehead atoms.